The highest BCUT2D eigenvalue weighted by Gasteiger charge is 2.18. The summed E-state index contributed by atoms with van der Waals surface area (Å²) in [6.07, 6.45) is 6.50. The molecule has 3 rings (SSSR count). The van der Waals surface area contributed by atoms with Crippen molar-refractivity contribution in [2.45, 2.75) is 45.1 Å². The fraction of sp³-hybridized carbons (Fsp3) is 0.733. The number of hydrogen-bond acceptors (Lipinski definition) is 5. The summed E-state index contributed by atoms with van der Waals surface area (Å²) in [5, 5.41) is 0. The van der Waals surface area contributed by atoms with Gasteiger partial charge in [-0.3, -0.25) is 0 Å². The molecule has 1 saturated heterocycles. The third kappa shape index (κ3) is 3.39. The Balaban J connectivity index is 1.71. The molecule has 1 saturated carbocycles. The van der Waals surface area contributed by atoms with Gasteiger partial charge in [0.25, 0.3) is 0 Å². The van der Waals surface area contributed by atoms with Crippen LogP contribution in [0.15, 0.2) is 6.07 Å². The lowest BCUT2D eigenvalue weighted by molar-refractivity contribution is 0.121. The quantitative estimate of drug-likeness (QED) is 0.848. The van der Waals surface area contributed by atoms with E-state index in [0.717, 1.165) is 56.7 Å². The smallest absolute Gasteiger partial charge is 0.229 e. The van der Waals surface area contributed by atoms with Crippen LogP contribution in [0.1, 0.15) is 37.8 Å². The predicted octanol–water partition coefficient (Wildman–Crippen LogP) is 2.33. The van der Waals surface area contributed by atoms with Crippen molar-refractivity contribution >= 4 is 5.95 Å². The number of ether oxygens (including phenoxy) is 2. The molecule has 2 heterocycles. The van der Waals surface area contributed by atoms with Crippen LogP contribution in [0.3, 0.4) is 0 Å². The lowest BCUT2D eigenvalue weighted by Crippen LogP contribution is -2.37. The molecular formula is C15H23N3O2. The molecule has 1 aromatic rings. The maximum absolute atomic E-state index is 6.06. The van der Waals surface area contributed by atoms with Crippen LogP contribution in [-0.2, 0) is 4.74 Å². The largest absolute Gasteiger partial charge is 0.474 e. The Morgan fingerprint density at radius 1 is 1.15 bits per heavy atom. The maximum atomic E-state index is 6.06. The van der Waals surface area contributed by atoms with Crippen molar-refractivity contribution in [2.24, 2.45) is 0 Å². The van der Waals surface area contributed by atoms with E-state index in [1.165, 1.54) is 19.3 Å². The minimum atomic E-state index is 0.329. The molecule has 0 N–H and O–H groups in total. The van der Waals surface area contributed by atoms with Gasteiger partial charge in [-0.15, -0.1) is 0 Å². The molecule has 0 radical (unpaired) electrons. The van der Waals surface area contributed by atoms with E-state index in [0.29, 0.717) is 6.10 Å². The van der Waals surface area contributed by atoms with Crippen LogP contribution in [0.25, 0.3) is 0 Å². The van der Waals surface area contributed by atoms with Crippen molar-refractivity contribution in [1.29, 1.82) is 0 Å². The Kier molecular flexibility index (Phi) is 4.35. The second-order valence-electron chi connectivity index (χ2n) is 5.62. The topological polar surface area (TPSA) is 47.5 Å². The Bertz CT molecular complexity index is 441. The minimum Gasteiger partial charge on any atom is -0.474 e. The second kappa shape index (κ2) is 6.39. The molecule has 2 aliphatic rings. The molecule has 5 nitrogen and oxygen atoms in total. The molecule has 0 unspecified atom stereocenters. The predicted molar refractivity (Wildman–Crippen MR) is 77.3 cm³/mol. The van der Waals surface area contributed by atoms with Crippen LogP contribution in [0, 0.1) is 6.92 Å². The maximum Gasteiger partial charge on any atom is 0.229 e. The average molecular weight is 277 g/mol. The van der Waals surface area contributed by atoms with Crippen molar-refractivity contribution in [3.05, 3.63) is 11.8 Å². The third-order valence-electron chi connectivity index (χ3n) is 3.95. The fourth-order valence-corrected chi connectivity index (χ4v) is 2.84. The van der Waals surface area contributed by atoms with Gasteiger partial charge in [-0.1, -0.05) is 6.42 Å². The summed E-state index contributed by atoms with van der Waals surface area (Å²) in [5.41, 5.74) is 0.965. The zero-order valence-electron chi connectivity index (χ0n) is 12.2. The highest BCUT2D eigenvalue weighted by Crippen LogP contribution is 2.24. The van der Waals surface area contributed by atoms with Crippen molar-refractivity contribution in [3.63, 3.8) is 0 Å². The van der Waals surface area contributed by atoms with Gasteiger partial charge in [0.2, 0.25) is 11.8 Å². The molecule has 1 aliphatic carbocycles. The van der Waals surface area contributed by atoms with E-state index >= 15 is 0 Å². The van der Waals surface area contributed by atoms with Gasteiger partial charge in [-0.2, -0.15) is 4.98 Å². The standard InChI is InChI=1S/C15H23N3O2/c1-12-11-14(20-13-5-3-2-4-6-13)17-15(16-12)18-7-9-19-10-8-18/h11,13H,2-10H2,1H3. The van der Waals surface area contributed by atoms with Gasteiger partial charge in [-0.25, -0.2) is 4.98 Å². The zero-order valence-corrected chi connectivity index (χ0v) is 12.2. The Labute approximate surface area is 120 Å². The first-order valence-electron chi connectivity index (χ1n) is 7.66. The molecule has 20 heavy (non-hydrogen) atoms. The lowest BCUT2D eigenvalue weighted by atomic mass is 9.98. The molecule has 0 atom stereocenters. The number of anilines is 1. The number of nitrogens with zero attached hydrogens (tertiary/aromatic N) is 3. The van der Waals surface area contributed by atoms with Crippen LogP contribution in [0.4, 0.5) is 5.95 Å². The van der Waals surface area contributed by atoms with Crippen LogP contribution in [-0.4, -0.2) is 42.4 Å². The average Bonchev–Trinajstić information content (AvgIpc) is 2.49. The molecule has 0 bridgehead atoms. The normalized spacial score (nSPS) is 20.9. The van der Waals surface area contributed by atoms with E-state index in [1.54, 1.807) is 0 Å². The summed E-state index contributed by atoms with van der Waals surface area (Å²) in [6, 6.07) is 1.94. The first-order chi connectivity index (χ1) is 9.81. The summed E-state index contributed by atoms with van der Waals surface area (Å²) in [6.45, 7) is 5.20. The van der Waals surface area contributed by atoms with E-state index in [4.69, 9.17) is 9.47 Å². The summed E-state index contributed by atoms with van der Waals surface area (Å²) < 4.78 is 11.4. The summed E-state index contributed by atoms with van der Waals surface area (Å²) in [4.78, 5) is 11.3. The van der Waals surface area contributed by atoms with Crippen LogP contribution in [0.5, 0.6) is 5.88 Å². The van der Waals surface area contributed by atoms with Crippen LogP contribution in [0.2, 0.25) is 0 Å². The van der Waals surface area contributed by atoms with Crippen molar-refractivity contribution in [3.8, 4) is 5.88 Å². The summed E-state index contributed by atoms with van der Waals surface area (Å²) >= 11 is 0. The Hall–Kier alpha value is -1.36. The SMILES string of the molecule is Cc1cc(OC2CCCCC2)nc(N2CCOCC2)n1. The number of rotatable bonds is 3. The monoisotopic (exact) mass is 277 g/mol. The van der Waals surface area contributed by atoms with E-state index < -0.39 is 0 Å². The molecule has 0 amide bonds. The molecule has 0 aromatic carbocycles. The van der Waals surface area contributed by atoms with Gasteiger partial charge in [0, 0.05) is 24.8 Å². The summed E-state index contributed by atoms with van der Waals surface area (Å²) in [5.74, 6) is 1.50. The molecular weight excluding hydrogens is 254 g/mol. The molecule has 1 aromatic heterocycles. The molecule has 110 valence electrons. The molecule has 0 spiro atoms. The van der Waals surface area contributed by atoms with Crippen LogP contribution < -0.4 is 9.64 Å². The van der Waals surface area contributed by atoms with Crippen molar-refractivity contribution < 1.29 is 9.47 Å². The van der Waals surface area contributed by atoms with E-state index in [2.05, 4.69) is 14.9 Å². The van der Waals surface area contributed by atoms with Crippen LogP contribution >= 0.6 is 0 Å². The fourth-order valence-electron chi connectivity index (χ4n) is 2.84. The van der Waals surface area contributed by atoms with Crippen molar-refractivity contribution in [2.75, 3.05) is 31.2 Å². The number of aryl methyl sites for hydroxylation is 1. The molecule has 2 fully saturated rings. The molecule has 5 heteroatoms. The zero-order chi connectivity index (χ0) is 13.8. The number of morpholine rings is 1. The van der Waals surface area contributed by atoms with E-state index in [9.17, 15) is 0 Å². The first kappa shape index (κ1) is 13.6. The highest BCUT2D eigenvalue weighted by atomic mass is 16.5. The Morgan fingerprint density at radius 2 is 1.90 bits per heavy atom. The summed E-state index contributed by atoms with van der Waals surface area (Å²) in [7, 11) is 0. The van der Waals surface area contributed by atoms with E-state index in [-0.39, 0.29) is 0 Å². The Morgan fingerprint density at radius 3 is 2.65 bits per heavy atom. The van der Waals surface area contributed by atoms with Gasteiger partial charge < -0.3 is 14.4 Å². The first-order valence-corrected chi connectivity index (χ1v) is 7.66. The second-order valence-corrected chi connectivity index (χ2v) is 5.62. The van der Waals surface area contributed by atoms with Gasteiger partial charge in [0.05, 0.1) is 13.2 Å². The van der Waals surface area contributed by atoms with Gasteiger partial charge in [0.1, 0.15) is 6.10 Å². The van der Waals surface area contributed by atoms with Gasteiger partial charge in [-0.05, 0) is 32.6 Å². The highest BCUT2D eigenvalue weighted by molar-refractivity contribution is 5.34. The minimum absolute atomic E-state index is 0.329. The van der Waals surface area contributed by atoms with Gasteiger partial charge >= 0.3 is 0 Å². The molecule has 1 aliphatic heterocycles. The number of hydrogen-bond donors (Lipinski definition) is 0. The van der Waals surface area contributed by atoms with Gasteiger partial charge in [0.15, 0.2) is 0 Å². The van der Waals surface area contributed by atoms with Crippen molar-refractivity contribution in [1.82, 2.24) is 9.97 Å². The lowest BCUT2D eigenvalue weighted by Gasteiger charge is -2.28. The number of aromatic nitrogens is 2. The third-order valence-corrected chi connectivity index (χ3v) is 3.95. The van der Waals surface area contributed by atoms with E-state index in [1.807, 2.05) is 13.0 Å².